The van der Waals surface area contributed by atoms with Crippen LogP contribution in [0.15, 0.2) is 29.2 Å². The van der Waals surface area contributed by atoms with Gasteiger partial charge in [0, 0.05) is 28.3 Å². The zero-order valence-electron chi connectivity index (χ0n) is 19.4. The Labute approximate surface area is 194 Å². The molecule has 0 spiro atoms. The smallest absolute Gasteiger partial charge is 0.160 e. The number of rotatable bonds is 6. The lowest BCUT2D eigenvalue weighted by atomic mass is 9.89. The van der Waals surface area contributed by atoms with Gasteiger partial charge in [-0.15, -0.1) is 11.8 Å². The van der Waals surface area contributed by atoms with Crippen molar-refractivity contribution >= 4 is 17.4 Å². The minimum absolute atomic E-state index is 0.0564. The van der Waals surface area contributed by atoms with E-state index in [0.717, 1.165) is 25.7 Å². The van der Waals surface area contributed by atoms with Gasteiger partial charge >= 0.3 is 0 Å². The molecule has 2 saturated carbocycles. The number of hydrogen-bond acceptors (Lipinski definition) is 4. The van der Waals surface area contributed by atoms with Crippen LogP contribution >= 0.6 is 11.8 Å². The molecule has 1 aromatic rings. The third kappa shape index (κ3) is 7.98. The van der Waals surface area contributed by atoms with E-state index in [9.17, 15) is 0 Å². The normalized spacial score (nSPS) is 27.6. The predicted octanol–water partition coefficient (Wildman–Crippen LogP) is 7.65. The van der Waals surface area contributed by atoms with Crippen LogP contribution in [0.4, 0.5) is 5.69 Å². The summed E-state index contributed by atoms with van der Waals surface area (Å²) < 4.78 is 11.8. The molecule has 0 bridgehead atoms. The van der Waals surface area contributed by atoms with Gasteiger partial charge in [0.1, 0.15) is 0 Å². The number of anilines is 1. The van der Waals surface area contributed by atoms with Gasteiger partial charge in [0.05, 0.1) is 13.2 Å². The first-order valence-electron chi connectivity index (χ1n) is 13.1. The molecule has 1 heterocycles. The molecule has 1 N–H and O–H groups in total. The topological polar surface area (TPSA) is 30.5 Å². The summed E-state index contributed by atoms with van der Waals surface area (Å²) in [5, 5.41) is 4.40. The van der Waals surface area contributed by atoms with Gasteiger partial charge in [-0.25, -0.2) is 0 Å². The second kappa shape index (κ2) is 13.1. The highest BCUT2D eigenvalue weighted by Crippen LogP contribution is 2.35. The fourth-order valence-corrected chi connectivity index (χ4v) is 6.75. The fraction of sp³-hybridized carbons (Fsp3) is 0.778. The Hall–Kier alpha value is -0.710. The Morgan fingerprint density at radius 3 is 2.13 bits per heavy atom. The second-order valence-corrected chi connectivity index (χ2v) is 11.3. The van der Waals surface area contributed by atoms with E-state index in [4.69, 9.17) is 9.47 Å². The number of hydrogen-bond donors (Lipinski definition) is 1. The van der Waals surface area contributed by atoms with Crippen molar-refractivity contribution in [2.75, 3.05) is 25.1 Å². The number of benzene rings is 1. The fourth-order valence-electron chi connectivity index (χ4n) is 5.53. The number of ether oxygens (including phenoxy) is 2. The van der Waals surface area contributed by atoms with Gasteiger partial charge < -0.3 is 14.8 Å². The molecule has 3 nitrogen and oxygen atoms in total. The largest absolute Gasteiger partial charge is 0.385 e. The Bertz CT molecular complexity index is 610. The summed E-state index contributed by atoms with van der Waals surface area (Å²) in [5.74, 6) is 1.45. The van der Waals surface area contributed by atoms with Crippen LogP contribution in [-0.4, -0.2) is 31.3 Å². The molecule has 0 aromatic heterocycles. The van der Waals surface area contributed by atoms with Gasteiger partial charge in [-0.05, 0) is 68.7 Å². The summed E-state index contributed by atoms with van der Waals surface area (Å²) in [5.41, 5.74) is 1.29. The van der Waals surface area contributed by atoms with Gasteiger partial charge in [-0.3, -0.25) is 0 Å². The maximum Gasteiger partial charge on any atom is 0.160 e. The van der Waals surface area contributed by atoms with Crippen molar-refractivity contribution in [1.29, 1.82) is 0 Å². The summed E-state index contributed by atoms with van der Waals surface area (Å²) in [6.45, 7) is 2.70. The van der Waals surface area contributed by atoms with Crippen molar-refractivity contribution in [2.24, 2.45) is 11.8 Å². The van der Waals surface area contributed by atoms with Crippen LogP contribution < -0.4 is 5.32 Å². The molecule has 2 atom stereocenters. The highest BCUT2D eigenvalue weighted by atomic mass is 32.2. The van der Waals surface area contributed by atoms with Crippen LogP contribution in [0.5, 0.6) is 0 Å². The summed E-state index contributed by atoms with van der Waals surface area (Å²) in [4.78, 5) is 1.42. The monoisotopic (exact) mass is 445 g/mol. The van der Waals surface area contributed by atoms with E-state index < -0.39 is 0 Å². The number of thioether (sulfide) groups is 1. The van der Waals surface area contributed by atoms with E-state index in [2.05, 4.69) is 41.3 Å². The molecule has 1 aromatic carbocycles. The highest BCUT2D eigenvalue weighted by Gasteiger charge is 2.27. The minimum atomic E-state index is 0.0564. The molecule has 4 heteroatoms. The molecular weight excluding hydrogens is 402 g/mol. The quantitative estimate of drug-likeness (QED) is 0.487. The van der Waals surface area contributed by atoms with Gasteiger partial charge in [-0.1, -0.05) is 51.4 Å². The van der Waals surface area contributed by atoms with E-state index in [0.29, 0.717) is 11.2 Å². The Morgan fingerprint density at radius 2 is 1.35 bits per heavy atom. The van der Waals surface area contributed by atoms with Crippen LogP contribution in [0.2, 0.25) is 0 Å². The first kappa shape index (κ1) is 23.4. The van der Waals surface area contributed by atoms with Gasteiger partial charge in [-0.2, -0.15) is 0 Å². The molecule has 3 fully saturated rings. The van der Waals surface area contributed by atoms with E-state index in [-0.39, 0.29) is 6.29 Å². The van der Waals surface area contributed by atoms with Gasteiger partial charge in [0.15, 0.2) is 6.29 Å². The van der Waals surface area contributed by atoms with Gasteiger partial charge in [0.25, 0.3) is 0 Å². The van der Waals surface area contributed by atoms with Crippen LogP contribution in [-0.2, 0) is 9.47 Å². The lowest BCUT2D eigenvalue weighted by Crippen LogP contribution is -2.22. The Morgan fingerprint density at radius 1 is 0.710 bits per heavy atom. The maximum absolute atomic E-state index is 5.89. The minimum Gasteiger partial charge on any atom is -0.385 e. The average molecular weight is 446 g/mol. The molecule has 174 valence electrons. The van der Waals surface area contributed by atoms with Crippen molar-refractivity contribution in [3.8, 4) is 0 Å². The molecule has 1 aliphatic heterocycles. The first-order chi connectivity index (χ1) is 15.4. The third-order valence-corrected chi connectivity index (χ3v) is 8.82. The standard InChI is InChI=1S/C27H43NO2S/c1-2-7-11-23(27-29-19-20-30-27)13-16-25(12-8-3-1)31-26-17-14-24(15-18-26)28-21-22-9-5-4-6-10-22/h14-15,17-18,22-23,25,27-28H,1-13,16,19-21H2. The van der Waals surface area contributed by atoms with Gasteiger partial charge in [0.2, 0.25) is 0 Å². The molecule has 0 radical (unpaired) electrons. The molecule has 31 heavy (non-hydrogen) atoms. The molecule has 0 amide bonds. The molecule has 2 aliphatic carbocycles. The SMILES string of the molecule is c1cc(SC2CCCCCCCC(C3OCCO3)CC2)ccc1NCC1CCCCC1. The first-order valence-corrected chi connectivity index (χ1v) is 14.0. The summed E-state index contributed by atoms with van der Waals surface area (Å²) in [6.07, 6.45) is 19.1. The summed E-state index contributed by atoms with van der Waals surface area (Å²) in [7, 11) is 0. The van der Waals surface area contributed by atoms with E-state index in [1.54, 1.807) is 0 Å². The van der Waals surface area contributed by atoms with E-state index >= 15 is 0 Å². The molecule has 1 saturated heterocycles. The van der Waals surface area contributed by atoms with E-state index in [1.807, 2.05) is 0 Å². The van der Waals surface area contributed by atoms with Crippen molar-refractivity contribution in [3.63, 3.8) is 0 Å². The Balaban J connectivity index is 1.28. The van der Waals surface area contributed by atoms with Crippen LogP contribution in [0, 0.1) is 11.8 Å². The molecule has 3 aliphatic rings. The van der Waals surface area contributed by atoms with Crippen LogP contribution in [0.1, 0.15) is 89.9 Å². The highest BCUT2D eigenvalue weighted by molar-refractivity contribution is 8.00. The van der Waals surface area contributed by atoms with Crippen molar-refractivity contribution in [1.82, 2.24) is 0 Å². The lowest BCUT2D eigenvalue weighted by molar-refractivity contribution is -0.0884. The summed E-state index contributed by atoms with van der Waals surface area (Å²) >= 11 is 2.10. The van der Waals surface area contributed by atoms with Crippen LogP contribution in [0.3, 0.4) is 0 Å². The average Bonchev–Trinajstić information content (AvgIpc) is 3.33. The predicted molar refractivity (Wildman–Crippen MR) is 132 cm³/mol. The maximum atomic E-state index is 5.89. The summed E-state index contributed by atoms with van der Waals surface area (Å²) in [6, 6.07) is 9.25. The molecule has 4 rings (SSSR count). The van der Waals surface area contributed by atoms with Crippen molar-refractivity contribution in [3.05, 3.63) is 24.3 Å². The van der Waals surface area contributed by atoms with Crippen LogP contribution in [0.25, 0.3) is 0 Å². The lowest BCUT2D eigenvalue weighted by Gasteiger charge is -2.24. The Kier molecular flexibility index (Phi) is 9.91. The zero-order valence-corrected chi connectivity index (χ0v) is 20.2. The zero-order chi connectivity index (χ0) is 21.1. The second-order valence-electron chi connectivity index (χ2n) is 9.94. The molecule has 2 unspecified atom stereocenters. The van der Waals surface area contributed by atoms with E-state index in [1.165, 1.54) is 100 Å². The molecular formula is C27H43NO2S. The third-order valence-electron chi connectivity index (χ3n) is 7.47. The van der Waals surface area contributed by atoms with Crippen molar-refractivity contribution < 1.29 is 9.47 Å². The number of nitrogens with one attached hydrogen (secondary N) is 1. The van der Waals surface area contributed by atoms with Crippen molar-refractivity contribution in [2.45, 2.75) is 106 Å².